The number of nitrogens with zero attached hydrogens (tertiary/aromatic N) is 2. The van der Waals surface area contributed by atoms with Crippen molar-refractivity contribution >= 4 is 34.5 Å². The van der Waals surface area contributed by atoms with E-state index < -0.39 is 5.97 Å². The standard InChI is InChI=1S/C34H36N2O4/c1-23-19-27(13-15-30(23)39-5)26-11-7-25(8-12-26)22-36(31(37)21-34(2,3)4)33-29-14-9-24(10-16-32(38)40-6)20-28(29)17-18-35-33/h7-20H,21-22H2,1-6H3/b16-10+. The van der Waals surface area contributed by atoms with Crippen molar-refractivity contribution in [2.24, 2.45) is 5.41 Å². The molecule has 6 nitrogen and oxygen atoms in total. The maximum atomic E-state index is 13.7. The number of aromatic nitrogens is 1. The van der Waals surface area contributed by atoms with Crippen LogP contribution in [0.2, 0.25) is 0 Å². The number of fused-ring (bicyclic) bond motifs is 1. The number of aryl methyl sites for hydroxylation is 1. The number of ether oxygens (including phenoxy) is 2. The third-order valence-electron chi connectivity index (χ3n) is 6.64. The second-order valence-corrected chi connectivity index (χ2v) is 11.1. The van der Waals surface area contributed by atoms with Gasteiger partial charge in [0.05, 0.1) is 20.8 Å². The van der Waals surface area contributed by atoms with Crippen LogP contribution in [0.4, 0.5) is 5.82 Å². The Labute approximate surface area is 236 Å². The fraction of sp³-hybridized carbons (Fsp3) is 0.265. The van der Waals surface area contributed by atoms with Gasteiger partial charge in [0.1, 0.15) is 11.6 Å². The van der Waals surface area contributed by atoms with Crippen molar-refractivity contribution in [2.75, 3.05) is 19.1 Å². The van der Waals surface area contributed by atoms with E-state index in [0.717, 1.165) is 44.3 Å². The molecule has 40 heavy (non-hydrogen) atoms. The molecule has 0 bridgehead atoms. The van der Waals surface area contributed by atoms with Gasteiger partial charge in [-0.1, -0.05) is 63.2 Å². The molecule has 0 radical (unpaired) electrons. The van der Waals surface area contributed by atoms with E-state index in [1.807, 2.05) is 37.3 Å². The van der Waals surface area contributed by atoms with Gasteiger partial charge in [-0.05, 0) is 75.9 Å². The number of carbonyl (C=O) groups excluding carboxylic acids is 2. The largest absolute Gasteiger partial charge is 0.496 e. The molecular weight excluding hydrogens is 500 g/mol. The number of rotatable bonds is 8. The van der Waals surface area contributed by atoms with E-state index >= 15 is 0 Å². The molecule has 0 atom stereocenters. The van der Waals surface area contributed by atoms with Crippen LogP contribution in [0.5, 0.6) is 5.75 Å². The molecule has 6 heteroatoms. The lowest BCUT2D eigenvalue weighted by molar-refractivity contribution is -0.134. The number of methoxy groups -OCH3 is 2. The summed E-state index contributed by atoms with van der Waals surface area (Å²) in [5, 5.41) is 1.79. The average molecular weight is 537 g/mol. The van der Waals surface area contributed by atoms with Crippen LogP contribution in [0.3, 0.4) is 0 Å². The Balaban J connectivity index is 1.68. The maximum Gasteiger partial charge on any atom is 0.330 e. The predicted octanol–water partition coefficient (Wildman–Crippen LogP) is 7.37. The van der Waals surface area contributed by atoms with E-state index in [1.54, 1.807) is 24.3 Å². The Bertz CT molecular complexity index is 1550. The summed E-state index contributed by atoms with van der Waals surface area (Å²) in [6, 6.07) is 22.2. The SMILES string of the molecule is COC(=O)/C=C/c1ccc2c(N(Cc3ccc(-c4ccc(OC)c(C)c4)cc3)C(=O)CC(C)(C)C)nccc2c1. The molecular formula is C34H36N2O4. The number of amides is 1. The van der Waals surface area contributed by atoms with Gasteiger partial charge in [0.15, 0.2) is 0 Å². The molecule has 0 aliphatic rings. The van der Waals surface area contributed by atoms with Crippen molar-refractivity contribution < 1.29 is 19.1 Å². The van der Waals surface area contributed by atoms with Crippen molar-refractivity contribution in [3.8, 4) is 16.9 Å². The summed E-state index contributed by atoms with van der Waals surface area (Å²) in [6.07, 6.45) is 5.20. The van der Waals surface area contributed by atoms with Crippen LogP contribution < -0.4 is 9.64 Å². The van der Waals surface area contributed by atoms with Crippen LogP contribution in [0, 0.1) is 12.3 Å². The zero-order valence-corrected chi connectivity index (χ0v) is 24.0. The highest BCUT2D eigenvalue weighted by molar-refractivity contribution is 6.02. The van der Waals surface area contributed by atoms with E-state index in [-0.39, 0.29) is 11.3 Å². The molecule has 1 heterocycles. The highest BCUT2D eigenvalue weighted by Crippen LogP contribution is 2.31. The number of pyridine rings is 1. The third-order valence-corrected chi connectivity index (χ3v) is 6.64. The van der Waals surface area contributed by atoms with Gasteiger partial charge in [-0.25, -0.2) is 9.78 Å². The summed E-state index contributed by atoms with van der Waals surface area (Å²) in [4.78, 5) is 31.7. The van der Waals surface area contributed by atoms with Gasteiger partial charge in [-0.2, -0.15) is 0 Å². The first-order valence-electron chi connectivity index (χ1n) is 13.3. The minimum absolute atomic E-state index is 0.0111. The minimum atomic E-state index is -0.414. The number of carbonyl (C=O) groups is 2. The second kappa shape index (κ2) is 12.2. The minimum Gasteiger partial charge on any atom is -0.496 e. The van der Waals surface area contributed by atoms with Crippen LogP contribution in [-0.4, -0.2) is 31.1 Å². The molecule has 0 spiro atoms. The van der Waals surface area contributed by atoms with E-state index in [4.69, 9.17) is 9.47 Å². The fourth-order valence-corrected chi connectivity index (χ4v) is 4.60. The highest BCUT2D eigenvalue weighted by Gasteiger charge is 2.25. The Morgan fingerprint density at radius 1 is 0.925 bits per heavy atom. The van der Waals surface area contributed by atoms with E-state index in [2.05, 4.69) is 62.2 Å². The van der Waals surface area contributed by atoms with E-state index in [1.165, 1.54) is 13.2 Å². The third kappa shape index (κ3) is 6.94. The molecule has 0 N–H and O–H groups in total. The van der Waals surface area contributed by atoms with Gasteiger partial charge < -0.3 is 9.47 Å². The summed E-state index contributed by atoms with van der Waals surface area (Å²) in [5.41, 5.74) is 4.96. The molecule has 206 valence electrons. The number of esters is 1. The molecule has 0 fully saturated rings. The normalized spacial score (nSPS) is 11.6. The van der Waals surface area contributed by atoms with Gasteiger partial charge in [0.25, 0.3) is 0 Å². The van der Waals surface area contributed by atoms with Crippen LogP contribution in [0.25, 0.3) is 28.0 Å². The van der Waals surface area contributed by atoms with Crippen LogP contribution in [0.1, 0.15) is 43.9 Å². The lowest BCUT2D eigenvalue weighted by Gasteiger charge is -2.27. The van der Waals surface area contributed by atoms with E-state index in [9.17, 15) is 9.59 Å². The first kappa shape index (κ1) is 28.6. The van der Waals surface area contributed by atoms with Crippen LogP contribution in [-0.2, 0) is 20.9 Å². The zero-order valence-electron chi connectivity index (χ0n) is 24.0. The highest BCUT2D eigenvalue weighted by atomic mass is 16.5. The van der Waals surface area contributed by atoms with Crippen LogP contribution >= 0.6 is 0 Å². The molecule has 3 aromatic carbocycles. The number of anilines is 1. The molecule has 0 aliphatic carbocycles. The number of benzene rings is 3. The molecule has 0 aliphatic heterocycles. The molecule has 4 aromatic rings. The summed E-state index contributed by atoms with van der Waals surface area (Å²) in [5.74, 6) is 1.08. The van der Waals surface area contributed by atoms with Crippen molar-refractivity contribution in [3.05, 3.63) is 95.7 Å². The summed E-state index contributed by atoms with van der Waals surface area (Å²) in [6.45, 7) is 8.61. The van der Waals surface area contributed by atoms with Crippen molar-refractivity contribution in [1.29, 1.82) is 0 Å². The Kier molecular flexibility index (Phi) is 8.68. The van der Waals surface area contributed by atoms with E-state index in [0.29, 0.717) is 18.8 Å². The molecule has 1 amide bonds. The van der Waals surface area contributed by atoms with Gasteiger partial charge in [-0.15, -0.1) is 0 Å². The maximum absolute atomic E-state index is 13.7. The van der Waals surface area contributed by atoms with Gasteiger partial charge in [0, 0.05) is 24.1 Å². The van der Waals surface area contributed by atoms with Gasteiger partial charge >= 0.3 is 5.97 Å². The van der Waals surface area contributed by atoms with Crippen molar-refractivity contribution in [3.63, 3.8) is 0 Å². The first-order chi connectivity index (χ1) is 19.1. The second-order valence-electron chi connectivity index (χ2n) is 11.1. The van der Waals surface area contributed by atoms with Gasteiger partial charge in [0.2, 0.25) is 5.91 Å². The molecule has 0 unspecified atom stereocenters. The topological polar surface area (TPSA) is 68.7 Å². The van der Waals surface area contributed by atoms with Gasteiger partial charge in [-0.3, -0.25) is 9.69 Å². The molecule has 4 rings (SSSR count). The average Bonchev–Trinajstić information content (AvgIpc) is 2.93. The summed E-state index contributed by atoms with van der Waals surface area (Å²) in [7, 11) is 3.03. The van der Waals surface area contributed by atoms with Crippen LogP contribution in [0.15, 0.2) is 79.0 Å². The molecule has 0 saturated carbocycles. The Morgan fingerprint density at radius 3 is 2.30 bits per heavy atom. The van der Waals surface area contributed by atoms with Crippen molar-refractivity contribution in [2.45, 2.75) is 40.7 Å². The van der Waals surface area contributed by atoms with Crippen molar-refractivity contribution in [1.82, 2.24) is 4.98 Å². The molecule has 1 aromatic heterocycles. The predicted molar refractivity (Wildman–Crippen MR) is 161 cm³/mol. The Hall–Kier alpha value is -4.45. The fourth-order valence-electron chi connectivity index (χ4n) is 4.60. The lowest BCUT2D eigenvalue weighted by atomic mass is 9.91. The monoisotopic (exact) mass is 536 g/mol. The molecule has 0 saturated heterocycles. The number of hydrogen-bond donors (Lipinski definition) is 0. The zero-order chi connectivity index (χ0) is 28.9. The summed E-state index contributed by atoms with van der Waals surface area (Å²) >= 11 is 0. The Morgan fingerprint density at radius 2 is 1.65 bits per heavy atom. The lowest BCUT2D eigenvalue weighted by Crippen LogP contribution is -2.34. The first-order valence-corrected chi connectivity index (χ1v) is 13.3. The number of hydrogen-bond acceptors (Lipinski definition) is 5. The quantitative estimate of drug-likeness (QED) is 0.174. The summed E-state index contributed by atoms with van der Waals surface area (Å²) < 4.78 is 10.1. The smallest absolute Gasteiger partial charge is 0.330 e.